The molecule has 2 rings (SSSR count). The lowest BCUT2D eigenvalue weighted by atomic mass is 9.88. The Morgan fingerprint density at radius 3 is 2.57 bits per heavy atom. The van der Waals surface area contributed by atoms with E-state index in [1.807, 2.05) is 36.9 Å². The van der Waals surface area contributed by atoms with Crippen LogP contribution in [0.2, 0.25) is 0 Å². The van der Waals surface area contributed by atoms with Crippen molar-refractivity contribution in [3.05, 3.63) is 23.8 Å². The van der Waals surface area contributed by atoms with Crippen LogP contribution >= 0.6 is 0 Å². The minimum atomic E-state index is -0.184. The second kappa shape index (κ2) is 6.35. The SMILES string of the molecule is COc1cccc(C2C(N)CCC(=O)N2C(C)C)c1OC. The Labute approximate surface area is 126 Å². The van der Waals surface area contributed by atoms with Crippen LogP contribution in [0.4, 0.5) is 0 Å². The molecule has 21 heavy (non-hydrogen) atoms. The van der Waals surface area contributed by atoms with Crippen LogP contribution in [-0.2, 0) is 4.79 Å². The number of rotatable bonds is 4. The summed E-state index contributed by atoms with van der Waals surface area (Å²) in [4.78, 5) is 14.2. The summed E-state index contributed by atoms with van der Waals surface area (Å²) in [6.07, 6.45) is 1.19. The fraction of sp³-hybridized carbons (Fsp3) is 0.562. The molecule has 0 radical (unpaired) electrons. The molecule has 0 aliphatic carbocycles. The quantitative estimate of drug-likeness (QED) is 0.923. The number of nitrogens with zero attached hydrogens (tertiary/aromatic N) is 1. The maximum absolute atomic E-state index is 12.3. The van der Waals surface area contributed by atoms with E-state index in [2.05, 4.69) is 0 Å². The summed E-state index contributed by atoms with van der Waals surface area (Å²) in [5.74, 6) is 1.45. The fourth-order valence-corrected chi connectivity index (χ4v) is 3.07. The van der Waals surface area contributed by atoms with Crippen molar-refractivity contribution in [3.63, 3.8) is 0 Å². The number of benzene rings is 1. The van der Waals surface area contributed by atoms with Crippen LogP contribution in [0.15, 0.2) is 18.2 Å². The molecular weight excluding hydrogens is 268 g/mol. The standard InChI is InChI=1S/C16H24N2O3/c1-10(2)18-14(19)9-8-12(17)15(18)11-6-5-7-13(20-3)16(11)21-4/h5-7,10,12,15H,8-9,17H2,1-4H3. The van der Waals surface area contributed by atoms with Crippen molar-refractivity contribution < 1.29 is 14.3 Å². The highest BCUT2D eigenvalue weighted by atomic mass is 16.5. The smallest absolute Gasteiger partial charge is 0.223 e. The molecule has 2 atom stereocenters. The highest BCUT2D eigenvalue weighted by molar-refractivity contribution is 5.78. The fourth-order valence-electron chi connectivity index (χ4n) is 3.07. The highest BCUT2D eigenvalue weighted by Gasteiger charge is 2.38. The first-order chi connectivity index (χ1) is 10.0. The van der Waals surface area contributed by atoms with Crippen molar-refractivity contribution >= 4 is 5.91 Å². The van der Waals surface area contributed by atoms with Crippen molar-refractivity contribution in [2.24, 2.45) is 5.73 Å². The zero-order chi connectivity index (χ0) is 15.6. The Hall–Kier alpha value is -1.75. The predicted molar refractivity (Wildman–Crippen MR) is 81.5 cm³/mol. The van der Waals surface area contributed by atoms with Gasteiger partial charge in [0.25, 0.3) is 0 Å². The molecule has 5 heteroatoms. The lowest BCUT2D eigenvalue weighted by Gasteiger charge is -2.42. The van der Waals surface area contributed by atoms with Gasteiger partial charge in [-0.25, -0.2) is 0 Å². The van der Waals surface area contributed by atoms with Gasteiger partial charge in [0.1, 0.15) is 0 Å². The summed E-state index contributed by atoms with van der Waals surface area (Å²) < 4.78 is 10.9. The Morgan fingerprint density at radius 1 is 1.29 bits per heavy atom. The molecule has 2 unspecified atom stereocenters. The molecule has 1 aliphatic heterocycles. The topological polar surface area (TPSA) is 64.8 Å². The average Bonchev–Trinajstić information content (AvgIpc) is 2.47. The normalized spacial score (nSPS) is 22.6. The predicted octanol–water partition coefficient (Wildman–Crippen LogP) is 2.10. The number of carbonyl (C=O) groups is 1. The number of amides is 1. The van der Waals surface area contributed by atoms with Crippen molar-refractivity contribution in [1.82, 2.24) is 4.90 Å². The summed E-state index contributed by atoms with van der Waals surface area (Å²) in [5, 5.41) is 0. The summed E-state index contributed by atoms with van der Waals surface area (Å²) in [7, 11) is 3.21. The molecule has 1 saturated heterocycles. The van der Waals surface area contributed by atoms with Crippen molar-refractivity contribution in [3.8, 4) is 11.5 Å². The number of para-hydroxylation sites is 1. The molecule has 1 amide bonds. The number of likely N-dealkylation sites (tertiary alicyclic amines) is 1. The summed E-state index contributed by atoms with van der Waals surface area (Å²) in [5.41, 5.74) is 7.23. The maximum atomic E-state index is 12.3. The zero-order valence-corrected chi connectivity index (χ0v) is 13.1. The minimum Gasteiger partial charge on any atom is -0.493 e. The lowest BCUT2D eigenvalue weighted by Crippen LogP contribution is -2.51. The van der Waals surface area contributed by atoms with Crippen LogP contribution in [0.1, 0.15) is 38.3 Å². The van der Waals surface area contributed by atoms with Crippen molar-refractivity contribution in [1.29, 1.82) is 0 Å². The van der Waals surface area contributed by atoms with Crippen LogP contribution in [0.25, 0.3) is 0 Å². The van der Waals surface area contributed by atoms with Gasteiger partial charge >= 0.3 is 0 Å². The van der Waals surface area contributed by atoms with Crippen molar-refractivity contribution in [2.75, 3.05) is 14.2 Å². The van der Waals surface area contributed by atoms with Gasteiger partial charge in [0.2, 0.25) is 5.91 Å². The van der Waals surface area contributed by atoms with Gasteiger partial charge in [-0.1, -0.05) is 12.1 Å². The minimum absolute atomic E-state index is 0.0877. The second-order valence-corrected chi connectivity index (χ2v) is 5.62. The Morgan fingerprint density at radius 2 is 2.00 bits per heavy atom. The van der Waals surface area contributed by atoms with Gasteiger partial charge in [-0.15, -0.1) is 0 Å². The third-order valence-electron chi connectivity index (χ3n) is 3.99. The molecule has 1 aromatic rings. The number of hydrogen-bond acceptors (Lipinski definition) is 4. The number of carbonyl (C=O) groups excluding carboxylic acids is 1. The molecule has 0 bridgehead atoms. The third kappa shape index (κ3) is 2.83. The summed E-state index contributed by atoms with van der Waals surface area (Å²) >= 11 is 0. The third-order valence-corrected chi connectivity index (χ3v) is 3.99. The molecule has 1 fully saturated rings. The van der Waals surface area contributed by atoms with E-state index in [9.17, 15) is 4.79 Å². The zero-order valence-electron chi connectivity index (χ0n) is 13.1. The van der Waals surface area contributed by atoms with Crippen LogP contribution in [-0.4, -0.2) is 37.1 Å². The van der Waals surface area contributed by atoms with Gasteiger partial charge < -0.3 is 20.1 Å². The van der Waals surface area contributed by atoms with E-state index in [0.29, 0.717) is 24.3 Å². The van der Waals surface area contributed by atoms with Gasteiger partial charge in [0, 0.05) is 24.1 Å². The van der Waals surface area contributed by atoms with E-state index in [4.69, 9.17) is 15.2 Å². The highest BCUT2D eigenvalue weighted by Crippen LogP contribution is 2.41. The van der Waals surface area contributed by atoms with Gasteiger partial charge in [0.15, 0.2) is 11.5 Å². The van der Waals surface area contributed by atoms with E-state index in [1.54, 1.807) is 14.2 Å². The largest absolute Gasteiger partial charge is 0.493 e. The van der Waals surface area contributed by atoms with E-state index >= 15 is 0 Å². The molecule has 0 spiro atoms. The number of nitrogens with two attached hydrogens (primary N) is 1. The number of ether oxygens (including phenoxy) is 2. The van der Waals surface area contributed by atoms with Crippen LogP contribution in [0.3, 0.4) is 0 Å². The Balaban J connectivity index is 2.53. The second-order valence-electron chi connectivity index (χ2n) is 5.62. The van der Waals surface area contributed by atoms with Crippen molar-refractivity contribution in [2.45, 2.75) is 44.8 Å². The first-order valence-electron chi connectivity index (χ1n) is 7.28. The molecule has 0 aromatic heterocycles. The summed E-state index contributed by atoms with van der Waals surface area (Å²) in [6.45, 7) is 4.02. The number of hydrogen-bond donors (Lipinski definition) is 1. The van der Waals surface area contributed by atoms with Crippen LogP contribution in [0, 0.1) is 0 Å². The number of methoxy groups -OCH3 is 2. The monoisotopic (exact) mass is 292 g/mol. The number of piperidine rings is 1. The Bertz CT molecular complexity index is 516. The van der Waals surface area contributed by atoms with E-state index in [1.165, 1.54) is 0 Å². The molecule has 0 saturated carbocycles. The van der Waals surface area contributed by atoms with Gasteiger partial charge in [-0.3, -0.25) is 4.79 Å². The van der Waals surface area contributed by atoms with Gasteiger partial charge in [-0.05, 0) is 26.3 Å². The van der Waals surface area contributed by atoms with Crippen LogP contribution in [0.5, 0.6) is 11.5 Å². The molecule has 5 nitrogen and oxygen atoms in total. The van der Waals surface area contributed by atoms with E-state index in [-0.39, 0.29) is 24.0 Å². The molecular formula is C16H24N2O3. The molecule has 2 N–H and O–H groups in total. The van der Waals surface area contributed by atoms with E-state index in [0.717, 1.165) is 5.56 Å². The summed E-state index contributed by atoms with van der Waals surface area (Å²) in [6, 6.07) is 5.51. The van der Waals surface area contributed by atoms with Crippen LogP contribution < -0.4 is 15.2 Å². The first kappa shape index (κ1) is 15.6. The van der Waals surface area contributed by atoms with Gasteiger partial charge in [0.05, 0.1) is 20.3 Å². The van der Waals surface area contributed by atoms with E-state index < -0.39 is 0 Å². The Kier molecular flexibility index (Phi) is 4.73. The molecule has 1 heterocycles. The lowest BCUT2D eigenvalue weighted by molar-refractivity contribution is -0.139. The average molecular weight is 292 g/mol. The molecule has 1 aromatic carbocycles. The van der Waals surface area contributed by atoms with Gasteiger partial charge in [-0.2, -0.15) is 0 Å². The molecule has 1 aliphatic rings. The molecule has 116 valence electrons. The maximum Gasteiger partial charge on any atom is 0.223 e. The first-order valence-corrected chi connectivity index (χ1v) is 7.28.